The lowest BCUT2D eigenvalue weighted by Crippen LogP contribution is -2.43. The van der Waals surface area contributed by atoms with Crippen LogP contribution in [0.1, 0.15) is 39.0 Å². The molecule has 0 aromatic heterocycles. The van der Waals surface area contributed by atoms with Crippen molar-refractivity contribution in [1.82, 2.24) is 4.90 Å². The molecule has 0 saturated heterocycles. The first-order valence-corrected chi connectivity index (χ1v) is 8.39. The fourth-order valence-electron chi connectivity index (χ4n) is 2.80. The summed E-state index contributed by atoms with van der Waals surface area (Å²) in [6, 6.07) is 0.257. The van der Waals surface area contributed by atoms with Crippen LogP contribution in [0.5, 0.6) is 0 Å². The number of carbonyl (C=O) groups excluding carboxylic acids is 1. The fraction of sp³-hybridized carbons (Fsp3) is 0.857. The number of amides is 1. The summed E-state index contributed by atoms with van der Waals surface area (Å²) in [5.41, 5.74) is 0. The normalized spacial score (nSPS) is 24.8. The highest BCUT2D eigenvalue weighted by atomic mass is 32.2. The van der Waals surface area contributed by atoms with E-state index >= 15 is 0 Å². The van der Waals surface area contributed by atoms with Crippen LogP contribution in [0, 0.1) is 11.8 Å². The predicted octanol–water partition coefficient (Wildman–Crippen LogP) is 2.48. The van der Waals surface area contributed by atoms with E-state index in [1.54, 1.807) is 11.8 Å². The third-order valence-electron chi connectivity index (χ3n) is 4.10. The number of carboxylic acids is 1. The maximum atomic E-state index is 12.5. The summed E-state index contributed by atoms with van der Waals surface area (Å²) in [5.74, 6) is -0.121. The smallest absolute Gasteiger partial charge is 0.306 e. The monoisotopic (exact) mass is 287 g/mol. The quantitative estimate of drug-likeness (QED) is 0.815. The second-order valence-corrected chi connectivity index (χ2v) is 6.28. The van der Waals surface area contributed by atoms with Crippen molar-refractivity contribution >= 4 is 23.6 Å². The lowest BCUT2D eigenvalue weighted by Gasteiger charge is -2.33. The molecule has 1 saturated carbocycles. The first kappa shape index (κ1) is 16.3. The van der Waals surface area contributed by atoms with Crippen molar-refractivity contribution in [1.29, 1.82) is 0 Å². The molecule has 19 heavy (non-hydrogen) atoms. The van der Waals surface area contributed by atoms with Crippen LogP contribution in [0.25, 0.3) is 0 Å². The first-order chi connectivity index (χ1) is 9.01. The van der Waals surface area contributed by atoms with Crippen molar-refractivity contribution in [2.45, 2.75) is 45.1 Å². The largest absolute Gasteiger partial charge is 0.481 e. The van der Waals surface area contributed by atoms with Gasteiger partial charge in [-0.1, -0.05) is 13.3 Å². The van der Waals surface area contributed by atoms with Crippen LogP contribution < -0.4 is 0 Å². The molecule has 1 aliphatic carbocycles. The lowest BCUT2D eigenvalue weighted by molar-refractivity contribution is -0.145. The van der Waals surface area contributed by atoms with Crippen LogP contribution in [-0.4, -0.2) is 47.0 Å². The minimum absolute atomic E-state index is 0.101. The van der Waals surface area contributed by atoms with E-state index in [-0.39, 0.29) is 23.8 Å². The van der Waals surface area contributed by atoms with Gasteiger partial charge in [-0.05, 0) is 31.9 Å². The summed E-state index contributed by atoms with van der Waals surface area (Å²) in [6.07, 6.45) is 5.89. The van der Waals surface area contributed by atoms with Crippen molar-refractivity contribution in [3.05, 3.63) is 0 Å². The number of nitrogens with zero attached hydrogens (tertiary/aromatic N) is 1. The number of rotatable bonds is 6. The molecule has 1 fully saturated rings. The Morgan fingerprint density at radius 3 is 2.53 bits per heavy atom. The molecule has 1 rings (SSSR count). The number of hydrogen-bond acceptors (Lipinski definition) is 3. The van der Waals surface area contributed by atoms with E-state index in [0.29, 0.717) is 12.8 Å². The first-order valence-electron chi connectivity index (χ1n) is 6.99. The molecule has 0 heterocycles. The van der Waals surface area contributed by atoms with E-state index in [1.807, 2.05) is 18.2 Å². The molecule has 0 aromatic carbocycles. The maximum absolute atomic E-state index is 12.5. The van der Waals surface area contributed by atoms with E-state index in [0.717, 1.165) is 25.0 Å². The zero-order valence-electron chi connectivity index (χ0n) is 12.1. The summed E-state index contributed by atoms with van der Waals surface area (Å²) >= 11 is 1.74. The molecular weight excluding hydrogens is 262 g/mol. The summed E-state index contributed by atoms with van der Waals surface area (Å²) in [6.45, 7) is 2.09. The topological polar surface area (TPSA) is 57.6 Å². The number of carbonyl (C=O) groups is 2. The van der Waals surface area contributed by atoms with Crippen LogP contribution in [0.3, 0.4) is 0 Å². The van der Waals surface area contributed by atoms with Crippen LogP contribution in [0.15, 0.2) is 0 Å². The Bertz CT molecular complexity index is 322. The van der Waals surface area contributed by atoms with Crippen molar-refractivity contribution < 1.29 is 14.7 Å². The average molecular weight is 287 g/mol. The van der Waals surface area contributed by atoms with Gasteiger partial charge in [-0.3, -0.25) is 9.59 Å². The minimum Gasteiger partial charge on any atom is -0.481 e. The number of carboxylic acid groups (broad SMARTS) is 1. The molecule has 4 nitrogen and oxygen atoms in total. The minimum atomic E-state index is -0.753. The summed E-state index contributed by atoms with van der Waals surface area (Å²) < 4.78 is 0. The fourth-order valence-corrected chi connectivity index (χ4v) is 3.65. The molecule has 0 aromatic rings. The van der Waals surface area contributed by atoms with E-state index < -0.39 is 5.97 Å². The van der Waals surface area contributed by atoms with Gasteiger partial charge in [-0.25, -0.2) is 0 Å². The van der Waals surface area contributed by atoms with Gasteiger partial charge in [0, 0.05) is 24.8 Å². The Morgan fingerprint density at radius 1 is 1.37 bits per heavy atom. The van der Waals surface area contributed by atoms with Gasteiger partial charge in [0.25, 0.3) is 0 Å². The standard InChI is InChI=1S/C14H25NO3S/c1-4-12(9-19-3)15(2)13(16)10-6-5-7-11(8-10)14(17)18/h10-12H,4-9H2,1-3H3,(H,17,18). The zero-order chi connectivity index (χ0) is 14.4. The molecule has 0 radical (unpaired) electrons. The predicted molar refractivity (Wildman–Crippen MR) is 78.3 cm³/mol. The summed E-state index contributed by atoms with van der Waals surface area (Å²) in [4.78, 5) is 25.4. The highest BCUT2D eigenvalue weighted by molar-refractivity contribution is 7.98. The summed E-state index contributed by atoms with van der Waals surface area (Å²) in [7, 11) is 1.86. The van der Waals surface area contributed by atoms with Crippen LogP contribution in [-0.2, 0) is 9.59 Å². The van der Waals surface area contributed by atoms with Gasteiger partial charge in [0.05, 0.1) is 5.92 Å². The van der Waals surface area contributed by atoms with E-state index in [4.69, 9.17) is 5.11 Å². The van der Waals surface area contributed by atoms with Gasteiger partial charge in [0.2, 0.25) is 5.91 Å². The number of aliphatic carboxylic acids is 1. The Labute approximate surface area is 119 Å². The van der Waals surface area contributed by atoms with Gasteiger partial charge in [0.1, 0.15) is 0 Å². The molecule has 3 atom stereocenters. The molecule has 3 unspecified atom stereocenters. The molecule has 5 heteroatoms. The summed E-state index contributed by atoms with van der Waals surface area (Å²) in [5, 5.41) is 9.09. The molecule has 0 aliphatic heterocycles. The molecule has 1 amide bonds. The van der Waals surface area contributed by atoms with Crippen LogP contribution in [0.2, 0.25) is 0 Å². The highest BCUT2D eigenvalue weighted by Gasteiger charge is 2.33. The van der Waals surface area contributed by atoms with E-state index in [2.05, 4.69) is 6.92 Å². The van der Waals surface area contributed by atoms with E-state index in [9.17, 15) is 9.59 Å². The Kier molecular flexibility index (Phi) is 6.69. The van der Waals surface area contributed by atoms with Gasteiger partial charge >= 0.3 is 5.97 Å². The van der Waals surface area contributed by atoms with E-state index in [1.165, 1.54) is 0 Å². The third kappa shape index (κ3) is 4.41. The number of thioether (sulfide) groups is 1. The van der Waals surface area contributed by atoms with Gasteiger partial charge in [0.15, 0.2) is 0 Å². The molecule has 1 N–H and O–H groups in total. The van der Waals surface area contributed by atoms with Crippen molar-refractivity contribution in [3.8, 4) is 0 Å². The maximum Gasteiger partial charge on any atom is 0.306 e. The van der Waals surface area contributed by atoms with Gasteiger partial charge < -0.3 is 10.0 Å². The highest BCUT2D eigenvalue weighted by Crippen LogP contribution is 2.31. The second-order valence-electron chi connectivity index (χ2n) is 5.37. The number of hydrogen-bond donors (Lipinski definition) is 1. The molecule has 1 aliphatic rings. The van der Waals surface area contributed by atoms with Crippen LogP contribution in [0.4, 0.5) is 0 Å². The second kappa shape index (κ2) is 7.78. The van der Waals surface area contributed by atoms with Crippen molar-refractivity contribution in [3.63, 3.8) is 0 Å². The molecule has 110 valence electrons. The SMILES string of the molecule is CCC(CSC)N(C)C(=O)C1CCCC(C(=O)O)C1. The molecule has 0 bridgehead atoms. The zero-order valence-corrected chi connectivity index (χ0v) is 12.9. The molecule has 0 spiro atoms. The van der Waals surface area contributed by atoms with Gasteiger partial charge in [-0.2, -0.15) is 11.8 Å². The Hall–Kier alpha value is -0.710. The Balaban J connectivity index is 2.62. The van der Waals surface area contributed by atoms with Crippen molar-refractivity contribution in [2.75, 3.05) is 19.1 Å². The van der Waals surface area contributed by atoms with Gasteiger partial charge in [-0.15, -0.1) is 0 Å². The van der Waals surface area contributed by atoms with Crippen molar-refractivity contribution in [2.24, 2.45) is 11.8 Å². The molecular formula is C14H25NO3S. The Morgan fingerprint density at radius 2 is 2.00 bits per heavy atom. The average Bonchev–Trinajstić information content (AvgIpc) is 2.43. The van der Waals surface area contributed by atoms with Crippen LogP contribution >= 0.6 is 11.8 Å². The lowest BCUT2D eigenvalue weighted by atomic mass is 9.80. The third-order valence-corrected chi connectivity index (χ3v) is 4.82.